The number of hydrogen-bond acceptors (Lipinski definition) is 5. The lowest BCUT2D eigenvalue weighted by atomic mass is 10.1. The summed E-state index contributed by atoms with van der Waals surface area (Å²) in [7, 11) is 0. The van der Waals surface area contributed by atoms with Gasteiger partial charge in [0.15, 0.2) is 0 Å². The number of rotatable bonds is 7. The van der Waals surface area contributed by atoms with E-state index >= 15 is 0 Å². The number of thioether (sulfide) groups is 1. The first kappa shape index (κ1) is 16.0. The second kappa shape index (κ2) is 7.55. The van der Waals surface area contributed by atoms with Gasteiger partial charge >= 0.3 is 0 Å². The van der Waals surface area contributed by atoms with Crippen molar-refractivity contribution in [3.05, 3.63) is 17.0 Å². The lowest BCUT2D eigenvalue weighted by Gasteiger charge is -2.14. The van der Waals surface area contributed by atoms with E-state index in [0.29, 0.717) is 18.1 Å². The summed E-state index contributed by atoms with van der Waals surface area (Å²) in [6.07, 6.45) is -0.489. The molecule has 0 saturated carbocycles. The molecule has 1 heterocycles. The fourth-order valence-electron chi connectivity index (χ4n) is 1.46. The number of aromatic nitrogens is 1. The second-order valence-corrected chi connectivity index (χ2v) is 5.90. The van der Waals surface area contributed by atoms with Gasteiger partial charge in [-0.2, -0.15) is 0 Å². The van der Waals surface area contributed by atoms with Gasteiger partial charge in [-0.25, -0.2) is 0 Å². The van der Waals surface area contributed by atoms with Crippen molar-refractivity contribution in [2.24, 2.45) is 5.92 Å². The highest BCUT2D eigenvalue weighted by atomic mass is 32.2. The number of hydrogen-bond donors (Lipinski definition) is 2. The summed E-state index contributed by atoms with van der Waals surface area (Å²) < 4.78 is 5.06. The monoisotopic (exact) mass is 286 g/mol. The number of carbonyl (C=O) groups excluding carboxylic acids is 1. The molecular weight excluding hydrogens is 264 g/mol. The Balaban J connectivity index is 2.24. The molecule has 0 aliphatic heterocycles. The Morgan fingerprint density at radius 1 is 1.47 bits per heavy atom. The highest BCUT2D eigenvalue weighted by Gasteiger charge is 2.12. The quantitative estimate of drug-likeness (QED) is 0.797. The van der Waals surface area contributed by atoms with E-state index in [1.807, 2.05) is 27.7 Å². The molecule has 0 spiro atoms. The Bertz CT molecular complexity index is 399. The van der Waals surface area contributed by atoms with Crippen LogP contribution in [0.2, 0.25) is 0 Å². The fourth-order valence-corrected chi connectivity index (χ4v) is 2.46. The Labute approximate surface area is 118 Å². The molecule has 108 valence electrons. The first-order chi connectivity index (χ1) is 8.91. The van der Waals surface area contributed by atoms with Crippen molar-refractivity contribution < 1.29 is 14.4 Å². The van der Waals surface area contributed by atoms with Gasteiger partial charge in [0.1, 0.15) is 5.76 Å². The summed E-state index contributed by atoms with van der Waals surface area (Å²) in [4.78, 5) is 11.6. The first-order valence-electron chi connectivity index (χ1n) is 6.36. The van der Waals surface area contributed by atoms with Crippen molar-refractivity contribution in [1.29, 1.82) is 0 Å². The van der Waals surface area contributed by atoms with Crippen LogP contribution in [0.25, 0.3) is 0 Å². The van der Waals surface area contributed by atoms with Crippen molar-refractivity contribution in [1.82, 2.24) is 10.5 Å². The molecule has 0 bridgehead atoms. The molecule has 1 unspecified atom stereocenters. The summed E-state index contributed by atoms with van der Waals surface area (Å²) in [5.74, 6) is 1.98. The fraction of sp³-hybridized carbons (Fsp3) is 0.692. The molecule has 6 heteroatoms. The van der Waals surface area contributed by atoms with Crippen molar-refractivity contribution >= 4 is 17.7 Å². The van der Waals surface area contributed by atoms with Crippen LogP contribution in [-0.4, -0.2) is 34.6 Å². The van der Waals surface area contributed by atoms with Crippen molar-refractivity contribution in [3.8, 4) is 0 Å². The molecular formula is C13H22N2O3S. The van der Waals surface area contributed by atoms with Crippen LogP contribution in [0.3, 0.4) is 0 Å². The van der Waals surface area contributed by atoms with Crippen LogP contribution in [0.4, 0.5) is 0 Å². The van der Waals surface area contributed by atoms with Gasteiger partial charge in [0.05, 0.1) is 17.6 Å². The van der Waals surface area contributed by atoms with Gasteiger partial charge in [-0.3, -0.25) is 4.79 Å². The SMILES string of the molecule is Cc1noc(C)c1CSCC(=O)NCC(O)C(C)C. The molecule has 0 saturated heterocycles. The van der Waals surface area contributed by atoms with E-state index in [2.05, 4.69) is 10.5 Å². The van der Waals surface area contributed by atoms with Crippen LogP contribution >= 0.6 is 11.8 Å². The van der Waals surface area contributed by atoms with E-state index in [-0.39, 0.29) is 11.8 Å². The molecule has 1 atom stereocenters. The first-order valence-corrected chi connectivity index (χ1v) is 7.51. The number of carbonyl (C=O) groups is 1. The average Bonchev–Trinajstić information content (AvgIpc) is 2.67. The molecule has 1 aromatic rings. The zero-order chi connectivity index (χ0) is 14.4. The van der Waals surface area contributed by atoms with Crippen LogP contribution in [-0.2, 0) is 10.5 Å². The van der Waals surface area contributed by atoms with Crippen molar-refractivity contribution in [3.63, 3.8) is 0 Å². The molecule has 1 amide bonds. The van der Waals surface area contributed by atoms with Gasteiger partial charge in [0, 0.05) is 17.9 Å². The number of nitrogens with zero attached hydrogens (tertiary/aromatic N) is 1. The van der Waals surface area contributed by atoms with Gasteiger partial charge in [0.2, 0.25) is 5.91 Å². The van der Waals surface area contributed by atoms with E-state index in [0.717, 1.165) is 17.0 Å². The lowest BCUT2D eigenvalue weighted by Crippen LogP contribution is -2.35. The third-order valence-corrected chi connectivity index (χ3v) is 3.90. The third-order valence-electron chi connectivity index (χ3n) is 2.94. The maximum atomic E-state index is 11.6. The smallest absolute Gasteiger partial charge is 0.230 e. The van der Waals surface area contributed by atoms with Gasteiger partial charge in [-0.1, -0.05) is 19.0 Å². The van der Waals surface area contributed by atoms with Crippen LogP contribution < -0.4 is 5.32 Å². The van der Waals surface area contributed by atoms with E-state index in [4.69, 9.17) is 4.52 Å². The van der Waals surface area contributed by atoms with Gasteiger partial charge in [-0.05, 0) is 19.8 Å². The second-order valence-electron chi connectivity index (χ2n) is 4.91. The standard InChI is InChI=1S/C13H22N2O3S/c1-8(2)12(16)5-14-13(17)7-19-6-11-9(3)15-18-10(11)4/h8,12,16H,5-7H2,1-4H3,(H,14,17). The Morgan fingerprint density at radius 2 is 2.16 bits per heavy atom. The third kappa shape index (κ3) is 5.24. The van der Waals surface area contributed by atoms with E-state index in [1.165, 1.54) is 11.8 Å². The topological polar surface area (TPSA) is 75.4 Å². The summed E-state index contributed by atoms with van der Waals surface area (Å²) in [6, 6.07) is 0. The largest absolute Gasteiger partial charge is 0.391 e. The van der Waals surface area contributed by atoms with Gasteiger partial charge < -0.3 is 14.9 Å². The summed E-state index contributed by atoms with van der Waals surface area (Å²) in [5.41, 5.74) is 1.93. The van der Waals surface area contributed by atoms with Crippen LogP contribution in [0, 0.1) is 19.8 Å². The molecule has 5 nitrogen and oxygen atoms in total. The Kier molecular flexibility index (Phi) is 6.37. The highest BCUT2D eigenvalue weighted by Crippen LogP contribution is 2.19. The minimum Gasteiger partial charge on any atom is -0.391 e. The minimum absolute atomic E-state index is 0.0588. The normalized spacial score (nSPS) is 12.7. The van der Waals surface area contributed by atoms with E-state index in [9.17, 15) is 9.90 Å². The zero-order valence-electron chi connectivity index (χ0n) is 11.9. The Hall–Kier alpha value is -1.01. The number of amides is 1. The summed E-state index contributed by atoms with van der Waals surface area (Å²) >= 11 is 1.51. The number of aliphatic hydroxyl groups is 1. The number of aryl methyl sites for hydroxylation is 2. The maximum Gasteiger partial charge on any atom is 0.230 e. The average molecular weight is 286 g/mol. The highest BCUT2D eigenvalue weighted by molar-refractivity contribution is 7.99. The van der Waals surface area contributed by atoms with E-state index < -0.39 is 6.10 Å². The van der Waals surface area contributed by atoms with Crippen LogP contribution in [0.5, 0.6) is 0 Å². The molecule has 0 fully saturated rings. The number of nitrogens with one attached hydrogen (secondary N) is 1. The molecule has 1 rings (SSSR count). The van der Waals surface area contributed by atoms with Crippen LogP contribution in [0.15, 0.2) is 4.52 Å². The molecule has 1 aromatic heterocycles. The predicted octanol–water partition coefficient (Wildman–Crippen LogP) is 1.66. The molecule has 0 radical (unpaired) electrons. The molecule has 0 aliphatic carbocycles. The van der Waals surface area contributed by atoms with Gasteiger partial charge in [-0.15, -0.1) is 11.8 Å². The molecule has 0 aromatic carbocycles. The number of aliphatic hydroxyl groups excluding tert-OH is 1. The molecule has 2 N–H and O–H groups in total. The zero-order valence-corrected chi connectivity index (χ0v) is 12.7. The van der Waals surface area contributed by atoms with Gasteiger partial charge in [0.25, 0.3) is 0 Å². The van der Waals surface area contributed by atoms with Crippen LogP contribution in [0.1, 0.15) is 30.9 Å². The summed E-state index contributed by atoms with van der Waals surface area (Å²) in [5, 5.41) is 16.2. The predicted molar refractivity (Wildman–Crippen MR) is 76.0 cm³/mol. The lowest BCUT2D eigenvalue weighted by molar-refractivity contribution is -0.119. The van der Waals surface area contributed by atoms with E-state index in [1.54, 1.807) is 0 Å². The minimum atomic E-state index is -0.489. The Morgan fingerprint density at radius 3 is 2.68 bits per heavy atom. The molecule has 0 aliphatic rings. The van der Waals surface area contributed by atoms with Crippen molar-refractivity contribution in [2.45, 2.75) is 39.6 Å². The van der Waals surface area contributed by atoms with Crippen molar-refractivity contribution in [2.75, 3.05) is 12.3 Å². The summed E-state index contributed by atoms with van der Waals surface area (Å²) in [6.45, 7) is 7.91. The molecule has 19 heavy (non-hydrogen) atoms. The maximum absolute atomic E-state index is 11.6.